The molecule has 3 N–H and O–H groups in total. The number of nitrogens with zero attached hydrogens (tertiary/aromatic N) is 1. The molecule has 0 saturated carbocycles. The molecule has 1 rings (SSSR count). The minimum absolute atomic E-state index is 0.0177. The van der Waals surface area contributed by atoms with Crippen LogP contribution in [-0.4, -0.2) is 16.1 Å². The second-order valence-corrected chi connectivity index (χ2v) is 2.57. The van der Waals surface area contributed by atoms with Crippen LogP contribution < -0.4 is 5.73 Å². The van der Waals surface area contributed by atoms with Gasteiger partial charge in [-0.25, -0.2) is 13.6 Å². The van der Waals surface area contributed by atoms with Crippen molar-refractivity contribution >= 4 is 5.97 Å². The first-order valence-corrected chi connectivity index (χ1v) is 3.76. The highest BCUT2D eigenvalue weighted by atomic mass is 19.3. The van der Waals surface area contributed by atoms with Gasteiger partial charge in [-0.3, -0.25) is 4.98 Å². The van der Waals surface area contributed by atoms with E-state index in [0.29, 0.717) is 0 Å². The number of pyridine rings is 1. The summed E-state index contributed by atoms with van der Waals surface area (Å²) in [6.07, 6.45) is -2.00. The molecule has 0 spiro atoms. The van der Waals surface area contributed by atoms with Crippen molar-refractivity contribution in [3.63, 3.8) is 0 Å². The lowest BCUT2D eigenvalue weighted by molar-refractivity contribution is 0.0684. The van der Waals surface area contributed by atoms with Crippen LogP contribution in [0.5, 0.6) is 0 Å². The van der Waals surface area contributed by atoms with Gasteiger partial charge in [0.15, 0.2) is 0 Å². The summed E-state index contributed by atoms with van der Waals surface area (Å²) >= 11 is 0. The first-order valence-electron chi connectivity index (χ1n) is 3.76. The Labute approximate surface area is 78.4 Å². The van der Waals surface area contributed by atoms with Crippen molar-refractivity contribution in [2.24, 2.45) is 5.73 Å². The molecular weight excluding hydrogens is 194 g/mol. The van der Waals surface area contributed by atoms with Crippen LogP contribution in [0.4, 0.5) is 8.78 Å². The van der Waals surface area contributed by atoms with Crippen molar-refractivity contribution in [3.05, 3.63) is 29.1 Å². The van der Waals surface area contributed by atoms with Crippen LogP contribution in [0, 0.1) is 0 Å². The fraction of sp³-hybridized carbons (Fsp3) is 0.250. The highest BCUT2D eigenvalue weighted by molar-refractivity contribution is 5.89. The highest BCUT2D eigenvalue weighted by Gasteiger charge is 2.18. The van der Waals surface area contributed by atoms with Gasteiger partial charge in [-0.1, -0.05) is 0 Å². The predicted molar refractivity (Wildman–Crippen MR) is 44.0 cm³/mol. The molecule has 0 aliphatic heterocycles. The number of carboxylic acid groups (broad SMARTS) is 1. The summed E-state index contributed by atoms with van der Waals surface area (Å²) < 4.78 is 24.6. The fourth-order valence-corrected chi connectivity index (χ4v) is 0.980. The molecule has 4 nitrogen and oxygen atoms in total. The fourth-order valence-electron chi connectivity index (χ4n) is 0.980. The molecule has 1 aromatic heterocycles. The molecule has 0 saturated heterocycles. The summed E-state index contributed by atoms with van der Waals surface area (Å²) in [7, 11) is 0. The normalized spacial score (nSPS) is 10.6. The average Bonchev–Trinajstić information content (AvgIpc) is 2.16. The smallest absolute Gasteiger partial charge is 0.336 e. The second-order valence-electron chi connectivity index (χ2n) is 2.57. The summed E-state index contributed by atoms with van der Waals surface area (Å²) in [6, 6.07) is 1.06. The molecule has 0 aliphatic rings. The van der Waals surface area contributed by atoms with Crippen LogP contribution in [0.3, 0.4) is 0 Å². The lowest BCUT2D eigenvalue weighted by atomic mass is 10.1. The summed E-state index contributed by atoms with van der Waals surface area (Å²) in [5.74, 6) is -1.41. The Bertz CT molecular complexity index is 355. The quantitative estimate of drug-likeness (QED) is 0.771. The van der Waals surface area contributed by atoms with Crippen LogP contribution in [0.1, 0.15) is 28.0 Å². The first kappa shape index (κ1) is 10.5. The summed E-state index contributed by atoms with van der Waals surface area (Å²) in [5.41, 5.74) is 4.44. The van der Waals surface area contributed by atoms with Gasteiger partial charge in [-0.15, -0.1) is 0 Å². The third-order valence-electron chi connectivity index (χ3n) is 1.67. The molecule has 0 aliphatic carbocycles. The van der Waals surface area contributed by atoms with Crippen LogP contribution in [0.2, 0.25) is 0 Å². The van der Waals surface area contributed by atoms with E-state index in [-0.39, 0.29) is 12.2 Å². The monoisotopic (exact) mass is 202 g/mol. The van der Waals surface area contributed by atoms with Gasteiger partial charge in [0.05, 0.1) is 16.8 Å². The molecule has 6 heteroatoms. The number of carbonyl (C=O) groups is 1. The number of halogens is 2. The van der Waals surface area contributed by atoms with Crippen molar-refractivity contribution in [3.8, 4) is 0 Å². The van der Waals surface area contributed by atoms with E-state index in [0.717, 1.165) is 12.3 Å². The number of alkyl halides is 2. The molecule has 0 radical (unpaired) electrons. The maximum Gasteiger partial charge on any atom is 0.336 e. The average molecular weight is 202 g/mol. The first-order chi connectivity index (χ1) is 6.56. The van der Waals surface area contributed by atoms with Gasteiger partial charge < -0.3 is 10.8 Å². The van der Waals surface area contributed by atoms with Gasteiger partial charge in [0, 0.05) is 12.7 Å². The number of nitrogens with two attached hydrogens (primary N) is 1. The van der Waals surface area contributed by atoms with E-state index in [4.69, 9.17) is 10.8 Å². The third-order valence-corrected chi connectivity index (χ3v) is 1.67. The van der Waals surface area contributed by atoms with Gasteiger partial charge in [-0.05, 0) is 6.07 Å². The molecule has 0 fully saturated rings. The van der Waals surface area contributed by atoms with Crippen LogP contribution in [0.25, 0.3) is 0 Å². The molecule has 0 aromatic carbocycles. The second kappa shape index (κ2) is 4.10. The van der Waals surface area contributed by atoms with E-state index in [1.165, 1.54) is 0 Å². The minimum atomic E-state index is -2.85. The standard InChI is InChI=1S/C8H8F2N2O2/c9-7(10)6-3-12-4(2-11)1-5(6)8(13)14/h1,3,7H,2,11H2,(H,13,14). The summed E-state index contributed by atoms with van der Waals surface area (Å²) in [4.78, 5) is 14.2. The Kier molecular flexibility index (Phi) is 3.08. The van der Waals surface area contributed by atoms with Gasteiger partial charge in [0.25, 0.3) is 6.43 Å². The summed E-state index contributed by atoms with van der Waals surface area (Å²) in [5, 5.41) is 8.63. The van der Waals surface area contributed by atoms with Crippen LogP contribution in [0.15, 0.2) is 12.3 Å². The zero-order valence-electron chi connectivity index (χ0n) is 7.08. The highest BCUT2D eigenvalue weighted by Crippen LogP contribution is 2.22. The number of rotatable bonds is 3. The maximum absolute atomic E-state index is 12.3. The molecule has 1 heterocycles. The Hall–Kier alpha value is -1.56. The van der Waals surface area contributed by atoms with Gasteiger partial charge in [0.1, 0.15) is 0 Å². The zero-order valence-corrected chi connectivity index (χ0v) is 7.08. The number of aromatic carboxylic acids is 1. The molecule has 0 atom stereocenters. The number of carboxylic acids is 1. The maximum atomic E-state index is 12.3. The minimum Gasteiger partial charge on any atom is -0.478 e. The van der Waals surface area contributed by atoms with Crippen molar-refractivity contribution in [1.29, 1.82) is 0 Å². The Morgan fingerprint density at radius 3 is 2.71 bits per heavy atom. The van der Waals surface area contributed by atoms with Crippen molar-refractivity contribution in [2.75, 3.05) is 0 Å². The van der Waals surface area contributed by atoms with Crippen molar-refractivity contribution in [1.82, 2.24) is 4.98 Å². The number of aromatic nitrogens is 1. The van der Waals surface area contributed by atoms with Crippen molar-refractivity contribution < 1.29 is 18.7 Å². The lowest BCUT2D eigenvalue weighted by Gasteiger charge is -2.05. The number of hydrogen-bond acceptors (Lipinski definition) is 3. The molecule has 14 heavy (non-hydrogen) atoms. The van der Waals surface area contributed by atoms with E-state index >= 15 is 0 Å². The molecule has 0 amide bonds. The van der Waals surface area contributed by atoms with E-state index < -0.39 is 23.5 Å². The molecule has 0 unspecified atom stereocenters. The topological polar surface area (TPSA) is 76.2 Å². The third kappa shape index (κ3) is 2.02. The summed E-state index contributed by atoms with van der Waals surface area (Å²) in [6.45, 7) is 0.0177. The van der Waals surface area contributed by atoms with Gasteiger partial charge >= 0.3 is 5.97 Å². The zero-order chi connectivity index (χ0) is 10.7. The van der Waals surface area contributed by atoms with Gasteiger partial charge in [-0.2, -0.15) is 0 Å². The SMILES string of the molecule is NCc1cc(C(=O)O)c(C(F)F)cn1. The van der Waals surface area contributed by atoms with Gasteiger partial charge in [0.2, 0.25) is 0 Å². The predicted octanol–water partition coefficient (Wildman–Crippen LogP) is 1.18. The van der Waals surface area contributed by atoms with Crippen LogP contribution in [-0.2, 0) is 6.54 Å². The Balaban J connectivity index is 3.24. The van der Waals surface area contributed by atoms with E-state index in [1.54, 1.807) is 0 Å². The molecule has 1 aromatic rings. The van der Waals surface area contributed by atoms with E-state index in [9.17, 15) is 13.6 Å². The number of hydrogen-bond donors (Lipinski definition) is 2. The Morgan fingerprint density at radius 2 is 2.29 bits per heavy atom. The molecular formula is C8H8F2N2O2. The van der Waals surface area contributed by atoms with E-state index in [1.807, 2.05) is 0 Å². The Morgan fingerprint density at radius 1 is 1.64 bits per heavy atom. The molecule has 76 valence electrons. The van der Waals surface area contributed by atoms with Crippen molar-refractivity contribution in [2.45, 2.75) is 13.0 Å². The lowest BCUT2D eigenvalue weighted by Crippen LogP contribution is -2.08. The largest absolute Gasteiger partial charge is 0.478 e. The van der Waals surface area contributed by atoms with Crippen LogP contribution >= 0.6 is 0 Å². The molecule has 0 bridgehead atoms. The van der Waals surface area contributed by atoms with E-state index in [2.05, 4.69) is 4.98 Å².